The molecule has 0 saturated heterocycles. The predicted octanol–water partition coefficient (Wildman–Crippen LogP) is 3.31. The van der Waals surface area contributed by atoms with E-state index in [9.17, 15) is 0 Å². The smallest absolute Gasteiger partial charge is 0.0348 e. The molecule has 15 heavy (non-hydrogen) atoms. The molecule has 0 aliphatic rings. The van der Waals surface area contributed by atoms with Gasteiger partial charge in [0.05, 0.1) is 0 Å². The van der Waals surface area contributed by atoms with Gasteiger partial charge in [0, 0.05) is 19.0 Å². The highest BCUT2D eigenvalue weighted by Crippen LogP contribution is 2.21. The van der Waals surface area contributed by atoms with E-state index >= 15 is 0 Å². The summed E-state index contributed by atoms with van der Waals surface area (Å²) in [7, 11) is 0. The van der Waals surface area contributed by atoms with Crippen LogP contribution in [0.4, 0.5) is 0 Å². The second-order valence-electron chi connectivity index (χ2n) is 4.81. The van der Waals surface area contributed by atoms with Crippen molar-refractivity contribution in [3.63, 3.8) is 0 Å². The fraction of sp³-hybridized carbons (Fsp3) is 0.538. The normalized spacial score (nSPS) is 11.7. The summed E-state index contributed by atoms with van der Waals surface area (Å²) >= 11 is 5.59. The van der Waals surface area contributed by atoms with Crippen LogP contribution < -0.4 is 5.32 Å². The fourth-order valence-electron chi connectivity index (χ4n) is 1.42. The summed E-state index contributed by atoms with van der Waals surface area (Å²) < 4.78 is 0. The lowest BCUT2D eigenvalue weighted by Gasteiger charge is -2.19. The molecule has 1 aromatic rings. The molecule has 0 amide bonds. The van der Waals surface area contributed by atoms with Crippen molar-refractivity contribution in [2.75, 3.05) is 12.4 Å². The number of rotatable bonds is 4. The number of alkyl halides is 1. The number of hydrogen-bond donors (Lipinski definition) is 1. The van der Waals surface area contributed by atoms with Gasteiger partial charge in [-0.25, -0.2) is 0 Å². The summed E-state index contributed by atoms with van der Waals surface area (Å²) in [6, 6.07) is 8.78. The third kappa shape index (κ3) is 4.23. The summed E-state index contributed by atoms with van der Waals surface area (Å²) in [5, 5.41) is 3.28. The van der Waals surface area contributed by atoms with Crippen LogP contribution in [0.25, 0.3) is 0 Å². The van der Waals surface area contributed by atoms with Crippen molar-refractivity contribution >= 4 is 11.6 Å². The number of nitrogens with one attached hydrogen (secondary N) is 1. The van der Waals surface area contributed by atoms with E-state index in [0.29, 0.717) is 5.88 Å². The maximum atomic E-state index is 5.59. The molecule has 0 radical (unpaired) electrons. The minimum atomic E-state index is 0.238. The standard InChI is InChI=1S/C13H20ClN/c1-13(2,3)12-6-4-11(5-7-12)10-15-9-8-14/h4-7,15H,8-10H2,1-3H3. The Labute approximate surface area is 97.8 Å². The molecule has 0 heterocycles. The van der Waals surface area contributed by atoms with E-state index in [2.05, 4.69) is 50.4 Å². The molecule has 0 aliphatic heterocycles. The van der Waals surface area contributed by atoms with Crippen molar-refractivity contribution in [3.05, 3.63) is 35.4 Å². The summed E-state index contributed by atoms with van der Waals surface area (Å²) in [5.41, 5.74) is 2.93. The first-order valence-electron chi connectivity index (χ1n) is 5.40. The molecule has 0 saturated carbocycles. The fourth-order valence-corrected chi connectivity index (χ4v) is 1.56. The first kappa shape index (κ1) is 12.5. The Hall–Kier alpha value is -0.530. The van der Waals surface area contributed by atoms with E-state index in [1.165, 1.54) is 11.1 Å². The molecule has 0 bridgehead atoms. The van der Waals surface area contributed by atoms with Crippen LogP contribution >= 0.6 is 11.6 Å². The van der Waals surface area contributed by atoms with Crippen LogP contribution in [0.5, 0.6) is 0 Å². The monoisotopic (exact) mass is 225 g/mol. The Morgan fingerprint density at radius 2 is 1.73 bits per heavy atom. The molecular formula is C13H20ClN. The van der Waals surface area contributed by atoms with Crippen LogP contribution in [0.15, 0.2) is 24.3 Å². The largest absolute Gasteiger partial charge is 0.311 e. The first-order chi connectivity index (χ1) is 7.04. The molecule has 1 N–H and O–H groups in total. The minimum absolute atomic E-state index is 0.238. The van der Waals surface area contributed by atoms with Gasteiger partial charge in [0.2, 0.25) is 0 Å². The minimum Gasteiger partial charge on any atom is -0.311 e. The Balaban J connectivity index is 2.57. The van der Waals surface area contributed by atoms with Crippen molar-refractivity contribution in [2.45, 2.75) is 32.7 Å². The van der Waals surface area contributed by atoms with Gasteiger partial charge >= 0.3 is 0 Å². The molecule has 84 valence electrons. The van der Waals surface area contributed by atoms with Crippen LogP contribution in [0.1, 0.15) is 31.9 Å². The average Bonchev–Trinajstić information content (AvgIpc) is 2.18. The summed E-state index contributed by atoms with van der Waals surface area (Å²) in [6.45, 7) is 8.45. The summed E-state index contributed by atoms with van der Waals surface area (Å²) in [6.07, 6.45) is 0. The lowest BCUT2D eigenvalue weighted by molar-refractivity contribution is 0.589. The Kier molecular flexibility index (Phi) is 4.62. The molecule has 1 rings (SSSR count). The van der Waals surface area contributed by atoms with E-state index in [1.807, 2.05) is 0 Å². The summed E-state index contributed by atoms with van der Waals surface area (Å²) in [4.78, 5) is 0. The van der Waals surface area contributed by atoms with Crippen molar-refractivity contribution in [1.82, 2.24) is 5.32 Å². The molecule has 0 atom stereocenters. The molecule has 0 fully saturated rings. The zero-order valence-electron chi connectivity index (χ0n) is 9.81. The van der Waals surface area contributed by atoms with Crippen LogP contribution in [-0.4, -0.2) is 12.4 Å². The highest BCUT2D eigenvalue weighted by molar-refractivity contribution is 6.18. The number of benzene rings is 1. The molecular weight excluding hydrogens is 206 g/mol. The lowest BCUT2D eigenvalue weighted by atomic mass is 9.87. The van der Waals surface area contributed by atoms with E-state index in [1.54, 1.807) is 0 Å². The lowest BCUT2D eigenvalue weighted by Crippen LogP contribution is -2.16. The van der Waals surface area contributed by atoms with Crippen molar-refractivity contribution in [1.29, 1.82) is 0 Å². The predicted molar refractivity (Wildman–Crippen MR) is 67.6 cm³/mol. The van der Waals surface area contributed by atoms with Gasteiger partial charge in [-0.05, 0) is 16.5 Å². The van der Waals surface area contributed by atoms with Gasteiger partial charge in [-0.15, -0.1) is 11.6 Å². The van der Waals surface area contributed by atoms with Gasteiger partial charge in [0.25, 0.3) is 0 Å². The maximum absolute atomic E-state index is 5.59. The van der Waals surface area contributed by atoms with Crippen molar-refractivity contribution in [3.8, 4) is 0 Å². The van der Waals surface area contributed by atoms with Crippen molar-refractivity contribution < 1.29 is 0 Å². The topological polar surface area (TPSA) is 12.0 Å². The second-order valence-corrected chi connectivity index (χ2v) is 5.19. The molecule has 1 aromatic carbocycles. The van der Waals surface area contributed by atoms with E-state index in [0.717, 1.165) is 13.1 Å². The van der Waals surface area contributed by atoms with Gasteiger partial charge < -0.3 is 5.32 Å². The van der Waals surface area contributed by atoms with Crippen LogP contribution in [-0.2, 0) is 12.0 Å². The van der Waals surface area contributed by atoms with E-state index < -0.39 is 0 Å². The Bertz CT molecular complexity index is 284. The first-order valence-corrected chi connectivity index (χ1v) is 5.93. The van der Waals surface area contributed by atoms with Gasteiger partial charge in [0.1, 0.15) is 0 Å². The van der Waals surface area contributed by atoms with Crippen molar-refractivity contribution in [2.24, 2.45) is 0 Å². The van der Waals surface area contributed by atoms with E-state index in [4.69, 9.17) is 11.6 Å². The summed E-state index contributed by atoms with van der Waals surface area (Å²) in [5.74, 6) is 0.667. The second kappa shape index (κ2) is 5.53. The van der Waals surface area contributed by atoms with Crippen LogP contribution in [0, 0.1) is 0 Å². The van der Waals surface area contributed by atoms with Gasteiger partial charge in [-0.1, -0.05) is 45.0 Å². The highest BCUT2D eigenvalue weighted by Gasteiger charge is 2.12. The molecule has 1 nitrogen and oxygen atoms in total. The molecule has 2 heteroatoms. The maximum Gasteiger partial charge on any atom is 0.0348 e. The van der Waals surface area contributed by atoms with E-state index in [-0.39, 0.29) is 5.41 Å². The SMILES string of the molecule is CC(C)(C)c1ccc(CNCCCl)cc1. The third-order valence-corrected chi connectivity index (χ3v) is 2.61. The molecule has 0 unspecified atom stereocenters. The van der Waals surface area contributed by atoms with Gasteiger partial charge in [0.15, 0.2) is 0 Å². The number of hydrogen-bond acceptors (Lipinski definition) is 1. The highest BCUT2D eigenvalue weighted by atomic mass is 35.5. The Morgan fingerprint density at radius 3 is 2.20 bits per heavy atom. The quantitative estimate of drug-likeness (QED) is 0.613. The molecule has 0 aromatic heterocycles. The average molecular weight is 226 g/mol. The Morgan fingerprint density at radius 1 is 1.13 bits per heavy atom. The third-order valence-electron chi connectivity index (χ3n) is 2.42. The van der Waals surface area contributed by atoms with Gasteiger partial charge in [-0.2, -0.15) is 0 Å². The van der Waals surface area contributed by atoms with Crippen LogP contribution in [0.3, 0.4) is 0 Å². The zero-order valence-corrected chi connectivity index (χ0v) is 10.6. The van der Waals surface area contributed by atoms with Crippen LogP contribution in [0.2, 0.25) is 0 Å². The van der Waals surface area contributed by atoms with Gasteiger partial charge in [-0.3, -0.25) is 0 Å². The zero-order chi connectivity index (χ0) is 11.3. The number of halogens is 1. The molecule has 0 spiro atoms. The molecule has 0 aliphatic carbocycles.